The molecule has 0 rings (SSSR count). The summed E-state index contributed by atoms with van der Waals surface area (Å²) >= 11 is 0. The first-order chi connectivity index (χ1) is 5.95. The van der Waals surface area contributed by atoms with Crippen molar-refractivity contribution in [1.29, 1.82) is 0 Å². The van der Waals surface area contributed by atoms with E-state index < -0.39 is 0 Å². The van der Waals surface area contributed by atoms with E-state index in [9.17, 15) is 0 Å². The van der Waals surface area contributed by atoms with Crippen LogP contribution < -0.4 is 5.32 Å². The van der Waals surface area contributed by atoms with Gasteiger partial charge < -0.3 is 5.32 Å². The lowest BCUT2D eigenvalue weighted by atomic mass is 9.98. The highest BCUT2D eigenvalue weighted by molar-refractivity contribution is 4.81. The average molecular weight is 186 g/mol. The molecule has 0 saturated heterocycles. The van der Waals surface area contributed by atoms with E-state index in [0.717, 1.165) is 13.1 Å². The van der Waals surface area contributed by atoms with Crippen molar-refractivity contribution in [3.05, 3.63) is 0 Å². The van der Waals surface area contributed by atoms with Crippen molar-refractivity contribution in [3.63, 3.8) is 0 Å². The summed E-state index contributed by atoms with van der Waals surface area (Å²) in [6, 6.07) is 0.606. The van der Waals surface area contributed by atoms with Crippen LogP contribution in [0.4, 0.5) is 0 Å². The summed E-state index contributed by atoms with van der Waals surface area (Å²) in [6.07, 6.45) is 1.19. The van der Waals surface area contributed by atoms with Crippen molar-refractivity contribution in [3.8, 4) is 0 Å². The van der Waals surface area contributed by atoms with Crippen molar-refractivity contribution < 1.29 is 0 Å². The second-order valence-corrected chi connectivity index (χ2v) is 4.43. The molecule has 80 valence electrons. The molecule has 1 N–H and O–H groups in total. The highest BCUT2D eigenvalue weighted by Gasteiger charge is 2.24. The molecule has 0 saturated carbocycles. The molecule has 0 aromatic heterocycles. The molecule has 0 aromatic rings. The Bertz CT molecular complexity index is 132. The van der Waals surface area contributed by atoms with Gasteiger partial charge in [-0.3, -0.25) is 4.90 Å². The maximum Gasteiger partial charge on any atom is 0.0194 e. The summed E-state index contributed by atoms with van der Waals surface area (Å²) in [7, 11) is 2.21. The molecule has 0 amide bonds. The fourth-order valence-electron chi connectivity index (χ4n) is 1.34. The third kappa shape index (κ3) is 4.10. The minimum Gasteiger partial charge on any atom is -0.315 e. The van der Waals surface area contributed by atoms with Crippen LogP contribution in [0.1, 0.15) is 41.0 Å². The SMILES string of the molecule is CCNCC(C)N(C)C(C)(C)CC. The van der Waals surface area contributed by atoms with Gasteiger partial charge in [-0.25, -0.2) is 0 Å². The van der Waals surface area contributed by atoms with Crippen LogP contribution in [0.15, 0.2) is 0 Å². The average Bonchev–Trinajstić information content (AvgIpc) is 2.12. The molecule has 0 bridgehead atoms. The monoisotopic (exact) mass is 186 g/mol. The first kappa shape index (κ1) is 12.9. The van der Waals surface area contributed by atoms with Crippen LogP contribution >= 0.6 is 0 Å². The molecule has 2 heteroatoms. The summed E-state index contributed by atoms with van der Waals surface area (Å²) < 4.78 is 0. The molecule has 0 radical (unpaired) electrons. The van der Waals surface area contributed by atoms with E-state index in [-0.39, 0.29) is 0 Å². The van der Waals surface area contributed by atoms with Crippen LogP contribution in [0.5, 0.6) is 0 Å². The van der Waals surface area contributed by atoms with Crippen LogP contribution in [0, 0.1) is 0 Å². The Balaban J connectivity index is 4.00. The number of nitrogens with one attached hydrogen (secondary N) is 1. The normalized spacial score (nSPS) is 15.0. The summed E-state index contributed by atoms with van der Waals surface area (Å²) in [5.41, 5.74) is 0.314. The van der Waals surface area contributed by atoms with E-state index >= 15 is 0 Å². The third-order valence-electron chi connectivity index (χ3n) is 3.17. The maximum atomic E-state index is 3.38. The van der Waals surface area contributed by atoms with Gasteiger partial charge in [0.15, 0.2) is 0 Å². The molecule has 13 heavy (non-hydrogen) atoms. The number of likely N-dealkylation sites (N-methyl/N-ethyl adjacent to an activating group) is 2. The quantitative estimate of drug-likeness (QED) is 0.683. The van der Waals surface area contributed by atoms with Gasteiger partial charge in [0.05, 0.1) is 0 Å². The van der Waals surface area contributed by atoms with E-state index in [1.54, 1.807) is 0 Å². The molecular formula is C11H26N2. The predicted octanol–water partition coefficient (Wildman–Crippen LogP) is 2.10. The summed E-state index contributed by atoms with van der Waals surface area (Å²) in [5.74, 6) is 0. The lowest BCUT2D eigenvalue weighted by molar-refractivity contribution is 0.105. The fraction of sp³-hybridized carbons (Fsp3) is 1.00. The lowest BCUT2D eigenvalue weighted by Gasteiger charge is -2.39. The molecule has 0 aliphatic carbocycles. The highest BCUT2D eigenvalue weighted by atomic mass is 15.2. The standard InChI is InChI=1S/C11H26N2/c1-7-11(4,5)13(6)10(3)9-12-8-2/h10,12H,7-9H2,1-6H3. The molecule has 1 atom stereocenters. The molecule has 0 aliphatic rings. The first-order valence-electron chi connectivity index (χ1n) is 5.39. The van der Waals surface area contributed by atoms with Crippen molar-refractivity contribution in [1.82, 2.24) is 10.2 Å². The van der Waals surface area contributed by atoms with Crippen LogP contribution in [-0.4, -0.2) is 36.6 Å². The second kappa shape index (κ2) is 5.61. The Hall–Kier alpha value is -0.0800. The largest absolute Gasteiger partial charge is 0.315 e. The van der Waals surface area contributed by atoms with Gasteiger partial charge in [0.1, 0.15) is 0 Å². The minimum absolute atomic E-state index is 0.314. The van der Waals surface area contributed by atoms with Gasteiger partial charge in [0, 0.05) is 18.1 Å². The zero-order valence-electron chi connectivity index (χ0n) is 10.1. The van der Waals surface area contributed by atoms with Crippen LogP contribution in [0.3, 0.4) is 0 Å². The molecule has 1 unspecified atom stereocenters. The van der Waals surface area contributed by atoms with Gasteiger partial charge in [-0.15, -0.1) is 0 Å². The van der Waals surface area contributed by atoms with Gasteiger partial charge in [0.25, 0.3) is 0 Å². The topological polar surface area (TPSA) is 15.3 Å². The van der Waals surface area contributed by atoms with Crippen LogP contribution in [0.25, 0.3) is 0 Å². The Kier molecular flexibility index (Phi) is 5.57. The fourth-order valence-corrected chi connectivity index (χ4v) is 1.34. The van der Waals surface area contributed by atoms with E-state index in [0.29, 0.717) is 11.6 Å². The van der Waals surface area contributed by atoms with Crippen molar-refractivity contribution >= 4 is 0 Å². The minimum atomic E-state index is 0.314. The molecule has 0 heterocycles. The van der Waals surface area contributed by atoms with Gasteiger partial charge in [-0.2, -0.15) is 0 Å². The van der Waals surface area contributed by atoms with Gasteiger partial charge in [0.2, 0.25) is 0 Å². The molecule has 0 spiro atoms. The molecule has 0 fully saturated rings. The zero-order valence-corrected chi connectivity index (χ0v) is 10.1. The smallest absolute Gasteiger partial charge is 0.0194 e. The number of rotatable bonds is 6. The summed E-state index contributed by atoms with van der Waals surface area (Å²) in [6.45, 7) is 13.4. The van der Waals surface area contributed by atoms with E-state index in [1.165, 1.54) is 6.42 Å². The summed E-state index contributed by atoms with van der Waals surface area (Å²) in [4.78, 5) is 2.45. The van der Waals surface area contributed by atoms with Crippen molar-refractivity contribution in [2.24, 2.45) is 0 Å². The first-order valence-corrected chi connectivity index (χ1v) is 5.39. The Morgan fingerprint density at radius 2 is 1.85 bits per heavy atom. The molecule has 0 aliphatic heterocycles. The van der Waals surface area contributed by atoms with Crippen LogP contribution in [-0.2, 0) is 0 Å². The van der Waals surface area contributed by atoms with Gasteiger partial charge >= 0.3 is 0 Å². The van der Waals surface area contributed by atoms with Crippen molar-refractivity contribution in [2.45, 2.75) is 52.6 Å². The number of hydrogen-bond acceptors (Lipinski definition) is 2. The Morgan fingerprint density at radius 3 is 2.23 bits per heavy atom. The Morgan fingerprint density at radius 1 is 1.31 bits per heavy atom. The molecule has 2 nitrogen and oxygen atoms in total. The van der Waals surface area contributed by atoms with E-state index in [1.807, 2.05) is 0 Å². The Labute approximate surface area is 83.7 Å². The van der Waals surface area contributed by atoms with Crippen molar-refractivity contribution in [2.75, 3.05) is 20.1 Å². The van der Waals surface area contributed by atoms with Crippen LogP contribution in [0.2, 0.25) is 0 Å². The van der Waals surface area contributed by atoms with E-state index in [4.69, 9.17) is 0 Å². The predicted molar refractivity (Wildman–Crippen MR) is 60.1 cm³/mol. The maximum absolute atomic E-state index is 3.38. The number of nitrogens with zero attached hydrogens (tertiary/aromatic N) is 1. The zero-order chi connectivity index (χ0) is 10.5. The van der Waals surface area contributed by atoms with Gasteiger partial charge in [-0.1, -0.05) is 13.8 Å². The second-order valence-electron chi connectivity index (χ2n) is 4.43. The third-order valence-corrected chi connectivity index (χ3v) is 3.17. The molecular weight excluding hydrogens is 160 g/mol. The summed E-state index contributed by atoms with van der Waals surface area (Å²) in [5, 5.41) is 3.38. The lowest BCUT2D eigenvalue weighted by Crippen LogP contribution is -2.49. The van der Waals surface area contributed by atoms with E-state index in [2.05, 4.69) is 51.9 Å². The highest BCUT2D eigenvalue weighted by Crippen LogP contribution is 2.18. The molecule has 0 aromatic carbocycles. The van der Waals surface area contributed by atoms with Gasteiger partial charge in [-0.05, 0) is 40.8 Å². The number of hydrogen-bond donors (Lipinski definition) is 1.